The van der Waals surface area contributed by atoms with Crippen LogP contribution in [0.1, 0.15) is 19.3 Å². The van der Waals surface area contributed by atoms with Crippen molar-refractivity contribution in [2.75, 3.05) is 33.5 Å². The quantitative estimate of drug-likeness (QED) is 0.652. The number of methoxy groups -OCH3 is 1. The van der Waals surface area contributed by atoms with Crippen molar-refractivity contribution < 1.29 is 9.47 Å². The van der Waals surface area contributed by atoms with E-state index >= 15 is 0 Å². The first-order valence-corrected chi connectivity index (χ1v) is 4.85. The van der Waals surface area contributed by atoms with Crippen LogP contribution in [0.15, 0.2) is 11.1 Å². The lowest BCUT2D eigenvalue weighted by Crippen LogP contribution is -2.04. The lowest BCUT2D eigenvalue weighted by Gasteiger charge is -2.08. The molecule has 0 atom stereocenters. The molecule has 0 aromatic rings. The largest absolute Gasteiger partial charge is 0.380 e. The van der Waals surface area contributed by atoms with Crippen LogP contribution in [0.4, 0.5) is 0 Å². The normalized spacial score (nSPS) is 20.8. The molecule has 0 amide bonds. The zero-order valence-electron chi connectivity index (χ0n) is 8.34. The first-order chi connectivity index (χ1) is 6.38. The van der Waals surface area contributed by atoms with Gasteiger partial charge in [-0.05, 0) is 37.0 Å². The van der Waals surface area contributed by atoms with Crippen molar-refractivity contribution in [3.05, 3.63) is 11.1 Å². The standard InChI is InChI=1S/C10H19NO2/c1-12-7-9(3-2-5-11)10-4-6-13-8-10/h2-8,11H2,1H3. The summed E-state index contributed by atoms with van der Waals surface area (Å²) in [5.41, 5.74) is 8.30. The molecule has 0 aromatic heterocycles. The van der Waals surface area contributed by atoms with Crippen molar-refractivity contribution >= 4 is 0 Å². The Kier molecular flexibility index (Phi) is 5.05. The van der Waals surface area contributed by atoms with Gasteiger partial charge in [0.25, 0.3) is 0 Å². The van der Waals surface area contributed by atoms with Crippen LogP contribution in [0.25, 0.3) is 0 Å². The molecule has 1 heterocycles. The summed E-state index contributed by atoms with van der Waals surface area (Å²) in [6.45, 7) is 3.15. The molecule has 1 aliphatic rings. The molecular formula is C10H19NO2. The molecule has 3 heteroatoms. The maximum atomic E-state index is 5.48. The van der Waals surface area contributed by atoms with Crippen LogP contribution in [-0.4, -0.2) is 33.5 Å². The molecule has 13 heavy (non-hydrogen) atoms. The number of ether oxygens (including phenoxy) is 2. The van der Waals surface area contributed by atoms with Crippen LogP contribution in [0.3, 0.4) is 0 Å². The van der Waals surface area contributed by atoms with Crippen LogP contribution in [-0.2, 0) is 9.47 Å². The van der Waals surface area contributed by atoms with Gasteiger partial charge in [-0.2, -0.15) is 0 Å². The summed E-state index contributed by atoms with van der Waals surface area (Å²) >= 11 is 0. The average Bonchev–Trinajstić information content (AvgIpc) is 2.65. The molecule has 2 N–H and O–H groups in total. The highest BCUT2D eigenvalue weighted by molar-refractivity contribution is 5.17. The van der Waals surface area contributed by atoms with Gasteiger partial charge < -0.3 is 15.2 Å². The minimum absolute atomic E-state index is 0.735. The molecule has 0 unspecified atom stereocenters. The van der Waals surface area contributed by atoms with Gasteiger partial charge in [0.05, 0.1) is 19.8 Å². The third-order valence-electron chi connectivity index (χ3n) is 2.33. The lowest BCUT2D eigenvalue weighted by atomic mass is 10.0. The van der Waals surface area contributed by atoms with E-state index in [1.165, 1.54) is 11.1 Å². The van der Waals surface area contributed by atoms with Gasteiger partial charge in [-0.3, -0.25) is 0 Å². The van der Waals surface area contributed by atoms with Gasteiger partial charge in [0.15, 0.2) is 0 Å². The summed E-state index contributed by atoms with van der Waals surface area (Å²) in [4.78, 5) is 0. The zero-order chi connectivity index (χ0) is 9.52. The third kappa shape index (κ3) is 3.46. The number of rotatable bonds is 5. The number of nitrogens with two attached hydrogens (primary N) is 1. The molecule has 0 aliphatic carbocycles. The van der Waals surface area contributed by atoms with Crippen molar-refractivity contribution in [1.82, 2.24) is 0 Å². The first kappa shape index (κ1) is 10.7. The van der Waals surface area contributed by atoms with Crippen molar-refractivity contribution in [3.8, 4) is 0 Å². The van der Waals surface area contributed by atoms with Crippen LogP contribution >= 0.6 is 0 Å². The monoisotopic (exact) mass is 185 g/mol. The summed E-state index contributed by atoms with van der Waals surface area (Å²) in [5, 5.41) is 0. The van der Waals surface area contributed by atoms with E-state index in [1.54, 1.807) is 7.11 Å². The fourth-order valence-corrected chi connectivity index (χ4v) is 1.58. The summed E-state index contributed by atoms with van der Waals surface area (Å²) in [6.07, 6.45) is 3.18. The van der Waals surface area contributed by atoms with Crippen molar-refractivity contribution in [2.45, 2.75) is 19.3 Å². The molecule has 1 aliphatic heterocycles. The fourth-order valence-electron chi connectivity index (χ4n) is 1.58. The highest BCUT2D eigenvalue weighted by atomic mass is 16.5. The summed E-state index contributed by atoms with van der Waals surface area (Å²) in [7, 11) is 1.73. The second-order valence-corrected chi connectivity index (χ2v) is 3.33. The third-order valence-corrected chi connectivity index (χ3v) is 2.33. The van der Waals surface area contributed by atoms with Crippen molar-refractivity contribution in [3.63, 3.8) is 0 Å². The Labute approximate surface area is 79.9 Å². The minimum atomic E-state index is 0.735. The topological polar surface area (TPSA) is 44.5 Å². The molecular weight excluding hydrogens is 166 g/mol. The smallest absolute Gasteiger partial charge is 0.0681 e. The highest BCUT2D eigenvalue weighted by Crippen LogP contribution is 2.19. The maximum absolute atomic E-state index is 5.48. The molecule has 0 radical (unpaired) electrons. The molecule has 0 aromatic carbocycles. The molecule has 1 rings (SSSR count). The lowest BCUT2D eigenvalue weighted by molar-refractivity contribution is 0.202. The van der Waals surface area contributed by atoms with Crippen LogP contribution in [0.5, 0.6) is 0 Å². The predicted octanol–water partition coefficient (Wildman–Crippen LogP) is 1.09. The summed E-state index contributed by atoms with van der Waals surface area (Å²) < 4.78 is 10.5. The Morgan fingerprint density at radius 3 is 3.00 bits per heavy atom. The molecule has 0 saturated carbocycles. The van der Waals surface area contributed by atoms with Gasteiger partial charge in [-0.25, -0.2) is 0 Å². The van der Waals surface area contributed by atoms with E-state index in [2.05, 4.69) is 0 Å². The van der Waals surface area contributed by atoms with E-state index in [9.17, 15) is 0 Å². The Balaban J connectivity index is 2.48. The van der Waals surface area contributed by atoms with E-state index in [-0.39, 0.29) is 0 Å². The van der Waals surface area contributed by atoms with Crippen molar-refractivity contribution in [2.24, 2.45) is 5.73 Å². The molecule has 0 spiro atoms. The van der Waals surface area contributed by atoms with Gasteiger partial charge in [0, 0.05) is 7.11 Å². The van der Waals surface area contributed by atoms with Gasteiger partial charge in [0.2, 0.25) is 0 Å². The van der Waals surface area contributed by atoms with Gasteiger partial charge in [-0.1, -0.05) is 0 Å². The summed E-state index contributed by atoms with van der Waals surface area (Å²) in [5.74, 6) is 0. The fraction of sp³-hybridized carbons (Fsp3) is 0.800. The van der Waals surface area contributed by atoms with E-state index < -0.39 is 0 Å². The van der Waals surface area contributed by atoms with E-state index in [0.717, 1.165) is 45.6 Å². The van der Waals surface area contributed by atoms with Crippen LogP contribution in [0.2, 0.25) is 0 Å². The van der Waals surface area contributed by atoms with Gasteiger partial charge in [-0.15, -0.1) is 0 Å². The predicted molar refractivity (Wildman–Crippen MR) is 52.6 cm³/mol. The Hall–Kier alpha value is -0.380. The zero-order valence-corrected chi connectivity index (χ0v) is 8.34. The van der Waals surface area contributed by atoms with Crippen molar-refractivity contribution in [1.29, 1.82) is 0 Å². The number of hydrogen-bond acceptors (Lipinski definition) is 3. The Morgan fingerprint density at radius 1 is 1.62 bits per heavy atom. The van der Waals surface area contributed by atoms with Crippen LogP contribution < -0.4 is 5.73 Å². The summed E-state index contributed by atoms with van der Waals surface area (Å²) in [6, 6.07) is 0. The second kappa shape index (κ2) is 6.13. The van der Waals surface area contributed by atoms with Gasteiger partial charge >= 0.3 is 0 Å². The average molecular weight is 185 g/mol. The van der Waals surface area contributed by atoms with E-state index in [1.807, 2.05) is 0 Å². The van der Waals surface area contributed by atoms with Crippen LogP contribution in [0, 0.1) is 0 Å². The molecule has 1 saturated heterocycles. The maximum Gasteiger partial charge on any atom is 0.0681 e. The van der Waals surface area contributed by atoms with E-state index in [0.29, 0.717) is 0 Å². The highest BCUT2D eigenvalue weighted by Gasteiger charge is 2.12. The Morgan fingerprint density at radius 2 is 2.46 bits per heavy atom. The molecule has 76 valence electrons. The molecule has 3 nitrogen and oxygen atoms in total. The van der Waals surface area contributed by atoms with Gasteiger partial charge in [0.1, 0.15) is 0 Å². The molecule has 1 fully saturated rings. The minimum Gasteiger partial charge on any atom is -0.380 e. The SMILES string of the molecule is COCC(CCCN)=C1CCOC1. The first-order valence-electron chi connectivity index (χ1n) is 4.85. The van der Waals surface area contributed by atoms with E-state index in [4.69, 9.17) is 15.2 Å². The second-order valence-electron chi connectivity index (χ2n) is 3.33. The number of hydrogen-bond donors (Lipinski definition) is 1. The Bertz CT molecular complexity index is 170. The molecule has 0 bridgehead atoms.